The van der Waals surface area contributed by atoms with Gasteiger partial charge in [0.15, 0.2) is 0 Å². The maximum atomic E-state index is 12.8. The zero-order chi connectivity index (χ0) is 21.3. The van der Waals surface area contributed by atoms with Crippen LogP contribution in [-0.4, -0.2) is 33.3 Å². The molecule has 6 nitrogen and oxygen atoms in total. The molecule has 8 heteroatoms. The zero-order valence-electron chi connectivity index (χ0n) is 16.8. The molecule has 1 amide bonds. The van der Waals surface area contributed by atoms with Gasteiger partial charge in [-0.1, -0.05) is 55.3 Å². The van der Waals surface area contributed by atoms with Crippen LogP contribution >= 0.6 is 11.6 Å². The average molecular weight is 446 g/mol. The summed E-state index contributed by atoms with van der Waals surface area (Å²) in [6.45, 7) is 3.12. The van der Waals surface area contributed by atoms with E-state index in [1.807, 2.05) is 42.2 Å². The number of hydrogen-bond acceptors (Lipinski definition) is 4. The normalized spacial score (nSPS) is 18.5. The highest BCUT2D eigenvalue weighted by Gasteiger charge is 2.33. The van der Waals surface area contributed by atoms with Crippen molar-refractivity contribution in [2.24, 2.45) is 4.40 Å². The lowest BCUT2D eigenvalue weighted by Gasteiger charge is -2.30. The lowest BCUT2D eigenvalue weighted by Crippen LogP contribution is -2.35. The van der Waals surface area contributed by atoms with Crippen molar-refractivity contribution in [3.8, 4) is 0 Å². The van der Waals surface area contributed by atoms with Gasteiger partial charge in [-0.2, -0.15) is 8.42 Å². The van der Waals surface area contributed by atoms with Crippen molar-refractivity contribution in [1.29, 1.82) is 0 Å². The second-order valence-corrected chi connectivity index (χ2v) is 9.75. The molecule has 0 bridgehead atoms. The number of anilines is 1. The van der Waals surface area contributed by atoms with Gasteiger partial charge in [-0.05, 0) is 36.5 Å². The Kier molecular flexibility index (Phi) is 5.84. The van der Waals surface area contributed by atoms with Crippen LogP contribution in [0.3, 0.4) is 0 Å². The molecule has 0 radical (unpaired) electrons. The van der Waals surface area contributed by atoms with E-state index < -0.39 is 15.9 Å². The lowest BCUT2D eigenvalue weighted by molar-refractivity contribution is 0.0951. The predicted molar refractivity (Wildman–Crippen MR) is 119 cm³/mol. The molecule has 0 spiro atoms. The molecule has 2 heterocycles. The number of sulfonamides is 1. The van der Waals surface area contributed by atoms with E-state index in [9.17, 15) is 13.2 Å². The molecule has 0 aromatic heterocycles. The Morgan fingerprint density at radius 1 is 1.20 bits per heavy atom. The molecule has 0 saturated carbocycles. The molecule has 1 N–H and O–H groups in total. The predicted octanol–water partition coefficient (Wildman–Crippen LogP) is 4.35. The summed E-state index contributed by atoms with van der Waals surface area (Å²) in [7, 11) is -3.87. The topological polar surface area (TPSA) is 78.8 Å². The highest BCUT2D eigenvalue weighted by atomic mass is 35.5. The zero-order valence-corrected chi connectivity index (χ0v) is 18.3. The maximum absolute atomic E-state index is 12.8. The smallest absolute Gasteiger partial charge is 0.286 e. The van der Waals surface area contributed by atoms with E-state index in [0.29, 0.717) is 31.0 Å². The Labute approximate surface area is 182 Å². The first-order chi connectivity index (χ1) is 14.4. The van der Waals surface area contributed by atoms with Crippen LogP contribution in [0.15, 0.2) is 51.8 Å². The Hall–Kier alpha value is -2.38. The molecule has 4 rings (SSSR count). The molecule has 158 valence electrons. The second-order valence-electron chi connectivity index (χ2n) is 7.77. The summed E-state index contributed by atoms with van der Waals surface area (Å²) in [6.07, 6.45) is 3.51. The third-order valence-electron chi connectivity index (χ3n) is 5.62. The van der Waals surface area contributed by atoms with Crippen molar-refractivity contribution in [3.63, 3.8) is 0 Å². The SMILES string of the molecule is CC(CNC(=O)c1cc2c(cc1Cl)N1CCCCCC1=NS2(=O)=O)c1ccccc1. The summed E-state index contributed by atoms with van der Waals surface area (Å²) in [5.41, 5.74) is 1.77. The highest BCUT2D eigenvalue weighted by molar-refractivity contribution is 7.90. The Morgan fingerprint density at radius 2 is 1.97 bits per heavy atom. The third kappa shape index (κ3) is 4.09. The summed E-state index contributed by atoms with van der Waals surface area (Å²) in [5.74, 6) is 0.274. The number of halogens is 1. The number of rotatable bonds is 4. The standard InChI is InChI=1S/C22H24ClN3O3S/c1-15(16-8-4-2-5-9-16)14-24-22(27)17-12-20-19(13-18(17)23)26-11-7-3-6-10-21(26)25-30(20,28)29/h2,4-5,8-9,12-13,15H,3,6-7,10-11,14H2,1H3,(H,24,27). The molecule has 2 aromatic rings. The summed E-state index contributed by atoms with van der Waals surface area (Å²) >= 11 is 6.43. The van der Waals surface area contributed by atoms with Crippen LogP contribution < -0.4 is 10.2 Å². The van der Waals surface area contributed by atoms with Gasteiger partial charge >= 0.3 is 0 Å². The molecule has 1 fully saturated rings. The minimum atomic E-state index is -3.87. The molecule has 2 aromatic carbocycles. The highest BCUT2D eigenvalue weighted by Crippen LogP contribution is 2.37. The van der Waals surface area contributed by atoms with Crippen molar-refractivity contribution in [3.05, 3.63) is 58.6 Å². The van der Waals surface area contributed by atoms with E-state index in [2.05, 4.69) is 9.71 Å². The first kappa shape index (κ1) is 20.9. The van der Waals surface area contributed by atoms with Crippen molar-refractivity contribution < 1.29 is 13.2 Å². The number of amides is 1. The van der Waals surface area contributed by atoms with Gasteiger partial charge in [0.1, 0.15) is 10.7 Å². The van der Waals surface area contributed by atoms with E-state index in [1.54, 1.807) is 6.07 Å². The number of hydrogen-bond donors (Lipinski definition) is 1. The molecule has 2 aliphatic rings. The summed E-state index contributed by atoms with van der Waals surface area (Å²) in [5, 5.41) is 3.11. The second kappa shape index (κ2) is 8.40. The van der Waals surface area contributed by atoms with E-state index in [0.717, 1.165) is 24.8 Å². The molecule has 1 atom stereocenters. The number of nitrogens with one attached hydrogen (secondary N) is 1. The average Bonchev–Trinajstić information content (AvgIpc) is 2.97. The van der Waals surface area contributed by atoms with E-state index >= 15 is 0 Å². The number of nitrogens with zero attached hydrogens (tertiary/aromatic N) is 2. The van der Waals surface area contributed by atoms with Crippen LogP contribution in [0.4, 0.5) is 5.69 Å². The van der Waals surface area contributed by atoms with Crippen molar-refractivity contribution in [2.75, 3.05) is 18.0 Å². The lowest BCUT2D eigenvalue weighted by atomic mass is 10.0. The van der Waals surface area contributed by atoms with Gasteiger partial charge < -0.3 is 10.2 Å². The fraction of sp³-hybridized carbons (Fsp3) is 0.364. The van der Waals surface area contributed by atoms with Crippen molar-refractivity contribution in [1.82, 2.24) is 5.32 Å². The van der Waals surface area contributed by atoms with Crippen LogP contribution in [0, 0.1) is 0 Å². The number of carbonyl (C=O) groups excluding carboxylic acids is 1. The molecule has 1 saturated heterocycles. The molecule has 2 aliphatic heterocycles. The van der Waals surface area contributed by atoms with Crippen LogP contribution in [0.25, 0.3) is 0 Å². The van der Waals surface area contributed by atoms with Gasteiger partial charge in [0, 0.05) is 19.5 Å². The number of amidine groups is 1. The summed E-state index contributed by atoms with van der Waals surface area (Å²) in [6, 6.07) is 12.8. The molecule has 1 unspecified atom stereocenters. The van der Waals surface area contributed by atoms with E-state index in [4.69, 9.17) is 11.6 Å². The molecule has 30 heavy (non-hydrogen) atoms. The first-order valence-electron chi connectivity index (χ1n) is 10.1. The van der Waals surface area contributed by atoms with Crippen LogP contribution in [0.2, 0.25) is 5.02 Å². The number of fused-ring (bicyclic) bond motifs is 3. The minimum absolute atomic E-state index is 0.0406. The number of carbonyl (C=O) groups is 1. The molecule has 0 aliphatic carbocycles. The van der Waals surface area contributed by atoms with E-state index in [-0.39, 0.29) is 21.4 Å². The van der Waals surface area contributed by atoms with Crippen LogP contribution in [-0.2, 0) is 10.0 Å². The first-order valence-corrected chi connectivity index (χ1v) is 12.0. The Balaban J connectivity index is 1.60. The minimum Gasteiger partial charge on any atom is -0.351 e. The van der Waals surface area contributed by atoms with Crippen molar-refractivity contribution in [2.45, 2.75) is 43.4 Å². The Morgan fingerprint density at radius 3 is 2.73 bits per heavy atom. The van der Waals surface area contributed by atoms with Crippen molar-refractivity contribution >= 4 is 39.1 Å². The van der Waals surface area contributed by atoms with Crippen LogP contribution in [0.5, 0.6) is 0 Å². The van der Waals surface area contributed by atoms with Gasteiger partial charge in [-0.15, -0.1) is 4.40 Å². The largest absolute Gasteiger partial charge is 0.351 e. The summed E-state index contributed by atoms with van der Waals surface area (Å²) < 4.78 is 29.6. The van der Waals surface area contributed by atoms with Crippen LogP contribution in [0.1, 0.15) is 54.4 Å². The van der Waals surface area contributed by atoms with Gasteiger partial charge in [0.25, 0.3) is 15.9 Å². The number of benzene rings is 2. The Bertz CT molecular complexity index is 1100. The third-order valence-corrected chi connectivity index (χ3v) is 7.27. The molecular formula is C22H24ClN3O3S. The quantitative estimate of drug-likeness (QED) is 0.758. The van der Waals surface area contributed by atoms with E-state index in [1.165, 1.54) is 6.07 Å². The van der Waals surface area contributed by atoms with Gasteiger partial charge in [0.2, 0.25) is 0 Å². The summed E-state index contributed by atoms with van der Waals surface area (Å²) in [4.78, 5) is 14.8. The van der Waals surface area contributed by atoms with Gasteiger partial charge in [-0.25, -0.2) is 0 Å². The molecular weight excluding hydrogens is 422 g/mol. The fourth-order valence-corrected chi connectivity index (χ4v) is 5.42. The van der Waals surface area contributed by atoms with Gasteiger partial charge in [0.05, 0.1) is 16.3 Å². The van der Waals surface area contributed by atoms with Gasteiger partial charge in [-0.3, -0.25) is 4.79 Å². The monoisotopic (exact) mass is 445 g/mol. The maximum Gasteiger partial charge on any atom is 0.286 e. The fourth-order valence-electron chi connectivity index (χ4n) is 3.91.